The van der Waals surface area contributed by atoms with Crippen LogP contribution in [-0.4, -0.2) is 14.3 Å². The number of sulfonamides is 1. The van der Waals surface area contributed by atoms with Crippen molar-refractivity contribution in [1.82, 2.24) is 0 Å². The quantitative estimate of drug-likeness (QED) is 0.537. The molecule has 0 atom stereocenters. The van der Waals surface area contributed by atoms with E-state index < -0.39 is 10.0 Å². The number of carbonyl (C=O) groups is 1. The molecule has 3 rings (SSSR count). The summed E-state index contributed by atoms with van der Waals surface area (Å²) in [5.41, 5.74) is 4.34. The minimum absolute atomic E-state index is 0.0128. The molecule has 0 aliphatic carbocycles. The Bertz CT molecular complexity index is 1180. The topological polar surface area (TPSA) is 75.3 Å². The van der Waals surface area contributed by atoms with Gasteiger partial charge in [-0.05, 0) is 53.8 Å². The molecule has 0 fully saturated rings. The average Bonchev–Trinajstić information content (AvgIpc) is 2.67. The van der Waals surface area contributed by atoms with Crippen LogP contribution in [0.4, 0.5) is 11.4 Å². The Morgan fingerprint density at radius 1 is 0.871 bits per heavy atom. The number of nitrogens with one attached hydrogen (secondary N) is 2. The highest BCUT2D eigenvalue weighted by atomic mass is 32.2. The molecular weight excluding hydrogens is 408 g/mol. The number of anilines is 2. The van der Waals surface area contributed by atoms with Gasteiger partial charge in [0, 0.05) is 11.3 Å². The van der Waals surface area contributed by atoms with Gasteiger partial charge in [-0.2, -0.15) is 0 Å². The Kier molecular flexibility index (Phi) is 6.51. The van der Waals surface area contributed by atoms with Crippen molar-refractivity contribution in [2.24, 2.45) is 0 Å². The zero-order valence-corrected chi connectivity index (χ0v) is 19.1. The van der Waals surface area contributed by atoms with E-state index in [1.54, 1.807) is 42.5 Å². The minimum atomic E-state index is -3.58. The van der Waals surface area contributed by atoms with E-state index in [9.17, 15) is 13.2 Å². The van der Waals surface area contributed by atoms with E-state index >= 15 is 0 Å². The van der Waals surface area contributed by atoms with Crippen molar-refractivity contribution >= 4 is 27.3 Å². The summed E-state index contributed by atoms with van der Waals surface area (Å²) >= 11 is 0. The molecule has 31 heavy (non-hydrogen) atoms. The molecule has 1 amide bonds. The van der Waals surface area contributed by atoms with Gasteiger partial charge in [-0.3, -0.25) is 9.52 Å². The van der Waals surface area contributed by atoms with E-state index in [1.807, 2.05) is 37.3 Å². The number of aryl methyl sites for hydroxylation is 1. The molecule has 0 aromatic heterocycles. The number of hydrogen-bond donors (Lipinski definition) is 2. The van der Waals surface area contributed by atoms with E-state index in [2.05, 4.69) is 30.8 Å². The number of benzene rings is 3. The van der Waals surface area contributed by atoms with Gasteiger partial charge in [-0.25, -0.2) is 8.42 Å². The van der Waals surface area contributed by atoms with Gasteiger partial charge in [-0.15, -0.1) is 0 Å². The standard InChI is InChI=1S/C25H28N2O3S/c1-18-7-5-8-19(15-18)17-31(29,30)27-23-10-6-9-22(16-23)26-24(28)20-11-13-21(14-12-20)25(2,3)4/h5-16,27H,17H2,1-4H3,(H,26,28). The predicted octanol–water partition coefficient (Wildman–Crippen LogP) is 5.49. The first-order chi connectivity index (χ1) is 14.5. The fraction of sp³-hybridized carbons (Fsp3) is 0.240. The summed E-state index contributed by atoms with van der Waals surface area (Å²) in [5, 5.41) is 2.83. The van der Waals surface area contributed by atoms with Gasteiger partial charge in [0.05, 0.1) is 11.4 Å². The van der Waals surface area contributed by atoms with Gasteiger partial charge in [0.1, 0.15) is 0 Å². The Hall–Kier alpha value is -3.12. The van der Waals surface area contributed by atoms with Crippen LogP contribution in [0.2, 0.25) is 0 Å². The van der Waals surface area contributed by atoms with Crippen molar-refractivity contribution in [2.75, 3.05) is 10.0 Å². The molecule has 0 bridgehead atoms. The van der Waals surface area contributed by atoms with Gasteiger partial charge in [0.25, 0.3) is 5.91 Å². The average molecular weight is 437 g/mol. The lowest BCUT2D eigenvalue weighted by Gasteiger charge is -2.19. The zero-order chi connectivity index (χ0) is 22.6. The van der Waals surface area contributed by atoms with E-state index in [0.29, 0.717) is 16.9 Å². The van der Waals surface area contributed by atoms with Gasteiger partial charge < -0.3 is 5.32 Å². The third kappa shape index (κ3) is 6.43. The fourth-order valence-electron chi connectivity index (χ4n) is 3.22. The van der Waals surface area contributed by atoms with Gasteiger partial charge in [-0.1, -0.05) is 68.8 Å². The summed E-state index contributed by atoms with van der Waals surface area (Å²) in [4.78, 5) is 12.6. The Balaban J connectivity index is 1.69. The van der Waals surface area contributed by atoms with Gasteiger partial charge >= 0.3 is 0 Å². The van der Waals surface area contributed by atoms with Crippen LogP contribution in [0.15, 0.2) is 72.8 Å². The molecule has 0 aliphatic rings. The van der Waals surface area contributed by atoms with Crippen LogP contribution in [0, 0.1) is 6.92 Å². The van der Waals surface area contributed by atoms with Crippen molar-refractivity contribution in [3.05, 3.63) is 95.1 Å². The molecule has 0 radical (unpaired) electrons. The number of carbonyl (C=O) groups excluding carboxylic acids is 1. The summed E-state index contributed by atoms with van der Waals surface area (Å²) in [6.45, 7) is 8.28. The first kappa shape index (κ1) is 22.6. The van der Waals surface area contributed by atoms with Gasteiger partial charge in [0.2, 0.25) is 10.0 Å². The molecule has 3 aromatic rings. The summed E-state index contributed by atoms with van der Waals surface area (Å²) < 4.78 is 27.7. The van der Waals surface area contributed by atoms with E-state index in [-0.39, 0.29) is 17.1 Å². The molecular formula is C25H28N2O3S. The maximum Gasteiger partial charge on any atom is 0.255 e. The highest BCUT2D eigenvalue weighted by Crippen LogP contribution is 2.23. The lowest BCUT2D eigenvalue weighted by atomic mass is 9.87. The lowest BCUT2D eigenvalue weighted by Crippen LogP contribution is -2.16. The minimum Gasteiger partial charge on any atom is -0.322 e. The van der Waals surface area contributed by atoms with E-state index in [0.717, 1.165) is 16.7 Å². The Morgan fingerprint density at radius 2 is 1.52 bits per heavy atom. The molecule has 0 heterocycles. The monoisotopic (exact) mass is 436 g/mol. The highest BCUT2D eigenvalue weighted by Gasteiger charge is 2.15. The second-order valence-electron chi connectivity index (χ2n) is 8.71. The van der Waals surface area contributed by atoms with Crippen LogP contribution < -0.4 is 10.0 Å². The van der Waals surface area contributed by atoms with E-state index in [4.69, 9.17) is 0 Å². The van der Waals surface area contributed by atoms with Crippen molar-refractivity contribution in [3.8, 4) is 0 Å². The maximum absolute atomic E-state index is 12.6. The largest absolute Gasteiger partial charge is 0.322 e. The molecule has 3 aromatic carbocycles. The summed E-state index contributed by atoms with van der Waals surface area (Å²) in [6, 6.07) is 21.6. The molecule has 0 spiro atoms. The first-order valence-electron chi connectivity index (χ1n) is 10.1. The summed E-state index contributed by atoms with van der Waals surface area (Å²) in [5.74, 6) is -0.369. The molecule has 0 saturated carbocycles. The maximum atomic E-state index is 12.6. The predicted molar refractivity (Wildman–Crippen MR) is 127 cm³/mol. The van der Waals surface area contributed by atoms with Crippen LogP contribution in [-0.2, 0) is 21.2 Å². The van der Waals surface area contributed by atoms with Crippen LogP contribution in [0.25, 0.3) is 0 Å². The third-order valence-electron chi connectivity index (χ3n) is 4.85. The molecule has 162 valence electrons. The van der Waals surface area contributed by atoms with Crippen molar-refractivity contribution in [1.29, 1.82) is 0 Å². The third-order valence-corrected chi connectivity index (χ3v) is 6.11. The van der Waals surface area contributed by atoms with Crippen molar-refractivity contribution in [3.63, 3.8) is 0 Å². The Labute approximate surface area is 184 Å². The highest BCUT2D eigenvalue weighted by molar-refractivity contribution is 7.91. The van der Waals surface area contributed by atoms with Crippen molar-refractivity contribution in [2.45, 2.75) is 38.9 Å². The first-order valence-corrected chi connectivity index (χ1v) is 11.8. The van der Waals surface area contributed by atoms with Gasteiger partial charge in [0.15, 0.2) is 0 Å². The second-order valence-corrected chi connectivity index (χ2v) is 10.4. The number of rotatable bonds is 6. The van der Waals surface area contributed by atoms with Crippen LogP contribution >= 0.6 is 0 Å². The van der Waals surface area contributed by atoms with E-state index in [1.165, 1.54) is 0 Å². The lowest BCUT2D eigenvalue weighted by molar-refractivity contribution is 0.102. The fourth-order valence-corrected chi connectivity index (χ4v) is 4.40. The SMILES string of the molecule is Cc1cccc(CS(=O)(=O)Nc2cccc(NC(=O)c3ccc(C(C)(C)C)cc3)c2)c1. The molecule has 0 saturated heterocycles. The normalized spacial score (nSPS) is 11.7. The number of amides is 1. The van der Waals surface area contributed by atoms with Crippen molar-refractivity contribution < 1.29 is 13.2 Å². The molecule has 0 unspecified atom stereocenters. The van der Waals surface area contributed by atoms with Crippen LogP contribution in [0.5, 0.6) is 0 Å². The molecule has 2 N–H and O–H groups in total. The summed E-state index contributed by atoms with van der Waals surface area (Å²) in [6.07, 6.45) is 0. The van der Waals surface area contributed by atoms with Crippen LogP contribution in [0.1, 0.15) is 47.8 Å². The molecule has 5 nitrogen and oxygen atoms in total. The smallest absolute Gasteiger partial charge is 0.255 e. The molecule has 6 heteroatoms. The molecule has 0 aliphatic heterocycles. The van der Waals surface area contributed by atoms with Crippen LogP contribution in [0.3, 0.4) is 0 Å². The Morgan fingerprint density at radius 3 is 2.16 bits per heavy atom. The zero-order valence-electron chi connectivity index (χ0n) is 18.3. The second kappa shape index (κ2) is 8.94. The summed E-state index contributed by atoms with van der Waals surface area (Å²) in [7, 11) is -3.58. The number of hydrogen-bond acceptors (Lipinski definition) is 3.